The van der Waals surface area contributed by atoms with E-state index in [1.165, 1.54) is 29.7 Å². The van der Waals surface area contributed by atoms with Gasteiger partial charge in [0.1, 0.15) is 12.1 Å². The number of anilines is 2. The van der Waals surface area contributed by atoms with Gasteiger partial charge in [0.2, 0.25) is 0 Å². The lowest BCUT2D eigenvalue weighted by Gasteiger charge is -2.42. The molecule has 0 radical (unpaired) electrons. The molecule has 8 heteroatoms. The Morgan fingerprint density at radius 1 is 1.03 bits per heavy atom. The summed E-state index contributed by atoms with van der Waals surface area (Å²) in [5.74, 6) is 0.269. The van der Waals surface area contributed by atoms with Crippen LogP contribution in [-0.4, -0.2) is 24.3 Å². The van der Waals surface area contributed by atoms with Gasteiger partial charge < -0.3 is 20.2 Å². The molecule has 0 bridgehead atoms. The highest BCUT2D eigenvalue weighted by Gasteiger charge is 2.47. The van der Waals surface area contributed by atoms with Crippen LogP contribution in [0.4, 0.5) is 11.4 Å². The number of hydrogen-bond acceptors (Lipinski definition) is 7. The van der Waals surface area contributed by atoms with Gasteiger partial charge in [-0.05, 0) is 46.7 Å². The van der Waals surface area contributed by atoms with Gasteiger partial charge in [-0.3, -0.25) is 0 Å². The van der Waals surface area contributed by atoms with E-state index in [1.807, 2.05) is 0 Å². The van der Waals surface area contributed by atoms with Crippen molar-refractivity contribution in [1.29, 1.82) is 0 Å². The highest BCUT2D eigenvalue weighted by atomic mass is 28.4. The number of nitrogen functional groups attached to an aromatic ring is 1. The Hall–Kier alpha value is -3.39. The molecule has 1 unspecified atom stereocenters. The minimum atomic E-state index is -2.35. The molecular weight excluding hydrogens is 480 g/mol. The largest absolute Gasteiger partial charge is 0.540 e. The molecule has 1 heterocycles. The Morgan fingerprint density at radius 2 is 1.73 bits per heavy atom. The molecule has 2 aromatic carbocycles. The summed E-state index contributed by atoms with van der Waals surface area (Å²) in [6, 6.07) is 13.7. The number of rotatable bonds is 9. The molecule has 1 aliphatic carbocycles. The number of carbonyl (C=O) groups is 1. The molecule has 0 aliphatic heterocycles. The average Bonchev–Trinajstić information content (AvgIpc) is 3.27. The predicted octanol–water partition coefficient (Wildman–Crippen LogP) is 6.93. The fraction of sp³-hybridized carbons (Fsp3) is 0.414. The summed E-state index contributed by atoms with van der Waals surface area (Å²) in [6.07, 6.45) is 4.82. The zero-order valence-electron chi connectivity index (χ0n) is 22.6. The van der Waals surface area contributed by atoms with Crippen molar-refractivity contribution in [3.63, 3.8) is 0 Å². The highest BCUT2D eigenvalue weighted by molar-refractivity contribution is 6.78. The molecule has 1 aliphatic rings. The van der Waals surface area contributed by atoms with Gasteiger partial charge in [-0.1, -0.05) is 65.8 Å². The Balaban J connectivity index is 1.74. The SMILES string of the molecule is CC(C)[Si](Oc1cc(N)c(NC2CCc3ccccc32)cc1OC(=O)c1ccncn1)(C(C)C)C(C)C. The molecule has 0 saturated carbocycles. The molecule has 3 aromatic rings. The summed E-state index contributed by atoms with van der Waals surface area (Å²) in [7, 11) is -2.35. The van der Waals surface area contributed by atoms with Crippen LogP contribution in [0.15, 0.2) is 55.0 Å². The van der Waals surface area contributed by atoms with E-state index in [0.29, 0.717) is 39.5 Å². The Labute approximate surface area is 221 Å². The third-order valence-corrected chi connectivity index (χ3v) is 13.6. The summed E-state index contributed by atoms with van der Waals surface area (Å²) in [6.45, 7) is 13.3. The maximum atomic E-state index is 13.0. The van der Waals surface area contributed by atoms with E-state index in [9.17, 15) is 4.79 Å². The number of nitrogens with zero attached hydrogens (tertiary/aromatic N) is 2. The van der Waals surface area contributed by atoms with Gasteiger partial charge in [0.25, 0.3) is 8.32 Å². The third kappa shape index (κ3) is 5.34. The van der Waals surface area contributed by atoms with Crippen LogP contribution in [0.5, 0.6) is 11.5 Å². The van der Waals surface area contributed by atoms with Crippen LogP contribution in [-0.2, 0) is 6.42 Å². The second kappa shape index (κ2) is 10.9. The average molecular weight is 519 g/mol. The Bertz CT molecular complexity index is 1230. The Kier molecular flexibility index (Phi) is 7.87. The number of nitrogens with two attached hydrogens (primary N) is 1. The monoisotopic (exact) mass is 518 g/mol. The summed E-state index contributed by atoms with van der Waals surface area (Å²) in [4.78, 5) is 21.0. The van der Waals surface area contributed by atoms with Crippen molar-refractivity contribution in [2.75, 3.05) is 11.1 Å². The van der Waals surface area contributed by atoms with Crippen molar-refractivity contribution in [2.24, 2.45) is 0 Å². The van der Waals surface area contributed by atoms with Crippen LogP contribution in [0.2, 0.25) is 16.6 Å². The van der Waals surface area contributed by atoms with Gasteiger partial charge in [-0.15, -0.1) is 0 Å². The molecule has 1 aromatic heterocycles. The number of hydrogen-bond donors (Lipinski definition) is 2. The van der Waals surface area contributed by atoms with Crippen LogP contribution in [0.3, 0.4) is 0 Å². The first-order valence-electron chi connectivity index (χ1n) is 13.1. The maximum Gasteiger partial charge on any atom is 0.362 e. The van der Waals surface area contributed by atoms with Gasteiger partial charge >= 0.3 is 5.97 Å². The molecule has 4 rings (SSSR count). The first kappa shape index (κ1) is 26.7. The molecule has 0 saturated heterocycles. The molecule has 1 atom stereocenters. The van der Waals surface area contributed by atoms with Crippen molar-refractivity contribution in [3.8, 4) is 11.5 Å². The van der Waals surface area contributed by atoms with Crippen molar-refractivity contribution in [1.82, 2.24) is 9.97 Å². The van der Waals surface area contributed by atoms with Crippen LogP contribution >= 0.6 is 0 Å². The zero-order valence-corrected chi connectivity index (χ0v) is 23.6. The molecule has 196 valence electrons. The summed E-state index contributed by atoms with van der Waals surface area (Å²) in [5, 5.41) is 3.59. The molecule has 0 amide bonds. The van der Waals surface area contributed by atoms with Crippen LogP contribution in [0.1, 0.15) is 75.6 Å². The third-order valence-electron chi connectivity index (χ3n) is 7.57. The van der Waals surface area contributed by atoms with Crippen molar-refractivity contribution in [2.45, 2.75) is 77.0 Å². The highest BCUT2D eigenvalue weighted by Crippen LogP contribution is 2.47. The van der Waals surface area contributed by atoms with E-state index >= 15 is 0 Å². The number of aromatic nitrogens is 2. The molecule has 0 spiro atoms. The Morgan fingerprint density at radius 3 is 2.38 bits per heavy atom. The topological polar surface area (TPSA) is 99.4 Å². The summed E-state index contributed by atoms with van der Waals surface area (Å²) in [5.41, 5.74) is 11.7. The zero-order chi connectivity index (χ0) is 26.7. The van der Waals surface area contributed by atoms with E-state index in [2.05, 4.69) is 81.1 Å². The van der Waals surface area contributed by atoms with Crippen LogP contribution in [0.25, 0.3) is 0 Å². The summed E-state index contributed by atoms with van der Waals surface area (Å²) >= 11 is 0. The number of ether oxygens (including phenoxy) is 1. The number of fused-ring (bicyclic) bond motifs is 1. The lowest BCUT2D eigenvalue weighted by Crippen LogP contribution is -2.50. The predicted molar refractivity (Wildman–Crippen MR) is 151 cm³/mol. The lowest BCUT2D eigenvalue weighted by molar-refractivity contribution is 0.0725. The van der Waals surface area contributed by atoms with Crippen molar-refractivity contribution in [3.05, 3.63) is 71.8 Å². The molecule has 0 fully saturated rings. The van der Waals surface area contributed by atoms with E-state index in [0.717, 1.165) is 12.8 Å². The quantitative estimate of drug-likeness (QED) is 0.137. The summed E-state index contributed by atoms with van der Waals surface area (Å²) < 4.78 is 12.9. The fourth-order valence-electron chi connectivity index (χ4n) is 5.86. The van der Waals surface area contributed by atoms with E-state index in [4.69, 9.17) is 14.9 Å². The second-order valence-corrected chi connectivity index (χ2v) is 16.1. The van der Waals surface area contributed by atoms with E-state index in [-0.39, 0.29) is 11.7 Å². The minimum Gasteiger partial charge on any atom is -0.540 e. The van der Waals surface area contributed by atoms with Gasteiger partial charge in [0.15, 0.2) is 11.4 Å². The van der Waals surface area contributed by atoms with Gasteiger partial charge in [0.05, 0.1) is 17.4 Å². The van der Waals surface area contributed by atoms with Crippen molar-refractivity contribution < 1.29 is 14.0 Å². The smallest absolute Gasteiger partial charge is 0.362 e. The molecular formula is C29H38N4O3Si. The van der Waals surface area contributed by atoms with Crippen molar-refractivity contribution >= 4 is 25.7 Å². The number of esters is 1. The van der Waals surface area contributed by atoms with E-state index < -0.39 is 14.3 Å². The molecule has 7 nitrogen and oxygen atoms in total. The fourth-order valence-corrected chi connectivity index (χ4v) is 11.1. The first-order chi connectivity index (χ1) is 17.6. The standard InChI is InChI=1S/C29H38N4O3Si/c1-18(2)37(19(3)4,20(5)6)36-28-15-23(30)26(33-24-12-11-21-9-7-8-10-22(21)24)16-27(28)35-29(34)25-13-14-31-17-32-25/h7-10,13-20,24,33H,11-12,30H2,1-6H3. The minimum absolute atomic E-state index is 0.131. The maximum absolute atomic E-state index is 13.0. The van der Waals surface area contributed by atoms with Gasteiger partial charge in [0, 0.05) is 18.3 Å². The normalized spacial score (nSPS) is 15.2. The van der Waals surface area contributed by atoms with Crippen LogP contribution in [0, 0.1) is 0 Å². The van der Waals surface area contributed by atoms with E-state index in [1.54, 1.807) is 12.1 Å². The van der Waals surface area contributed by atoms with Gasteiger partial charge in [-0.25, -0.2) is 14.8 Å². The number of nitrogens with one attached hydrogen (secondary N) is 1. The van der Waals surface area contributed by atoms with Gasteiger partial charge in [-0.2, -0.15) is 0 Å². The number of carbonyl (C=O) groups excluding carboxylic acids is 1. The van der Waals surface area contributed by atoms with Crippen LogP contribution < -0.4 is 20.2 Å². The number of aryl methyl sites for hydroxylation is 1. The molecule has 3 N–H and O–H groups in total. The number of benzene rings is 2. The lowest BCUT2D eigenvalue weighted by atomic mass is 10.1. The molecule has 37 heavy (non-hydrogen) atoms. The first-order valence-corrected chi connectivity index (χ1v) is 15.2. The second-order valence-electron chi connectivity index (χ2n) is 10.7.